The van der Waals surface area contributed by atoms with Gasteiger partial charge in [-0.2, -0.15) is 0 Å². The minimum Gasteiger partial charge on any atom is -0.218 e. The Morgan fingerprint density at radius 3 is 2.36 bits per heavy atom. The van der Waals surface area contributed by atoms with Crippen LogP contribution < -0.4 is 0 Å². The third-order valence-electron chi connectivity index (χ3n) is 2.95. The van der Waals surface area contributed by atoms with Crippen molar-refractivity contribution in [2.75, 3.05) is 0 Å². The topological polar surface area (TPSA) is 59.9 Å². The van der Waals surface area contributed by atoms with Gasteiger partial charge in [-0.05, 0) is 18.2 Å². The van der Waals surface area contributed by atoms with Gasteiger partial charge in [0.15, 0.2) is 4.21 Å². The lowest BCUT2D eigenvalue weighted by molar-refractivity contribution is 0.598. The van der Waals surface area contributed by atoms with E-state index in [9.17, 15) is 8.42 Å². The maximum atomic E-state index is 12.8. The fraction of sp³-hybridized carbons (Fsp3) is 0. The zero-order valence-electron chi connectivity index (χ0n) is 10.9. The van der Waals surface area contributed by atoms with Gasteiger partial charge in [-0.25, -0.2) is 8.42 Å². The SMILES string of the molecule is O=S(=O)(c1ccc(Cl)c(Cl)c1)c1snnc1-c1ccccc1. The molecule has 0 aliphatic heterocycles. The van der Waals surface area contributed by atoms with E-state index in [0.29, 0.717) is 16.3 Å². The maximum Gasteiger partial charge on any atom is 0.219 e. The van der Waals surface area contributed by atoms with E-state index in [0.717, 1.165) is 11.5 Å². The number of hydrogen-bond acceptors (Lipinski definition) is 5. The molecule has 0 bridgehead atoms. The molecule has 0 unspecified atom stereocenters. The third kappa shape index (κ3) is 2.75. The van der Waals surface area contributed by atoms with E-state index in [1.165, 1.54) is 18.2 Å². The maximum absolute atomic E-state index is 12.8. The Balaban J connectivity index is 2.15. The molecule has 2 aromatic carbocycles. The summed E-state index contributed by atoms with van der Waals surface area (Å²) in [6.45, 7) is 0. The number of benzene rings is 2. The lowest BCUT2D eigenvalue weighted by atomic mass is 10.2. The van der Waals surface area contributed by atoms with Crippen LogP contribution in [0.25, 0.3) is 11.3 Å². The molecule has 0 aliphatic carbocycles. The van der Waals surface area contributed by atoms with Crippen molar-refractivity contribution in [2.24, 2.45) is 0 Å². The third-order valence-corrected chi connectivity index (χ3v) is 6.65. The summed E-state index contributed by atoms with van der Waals surface area (Å²) in [5.74, 6) is 0. The first-order chi connectivity index (χ1) is 10.5. The molecule has 3 rings (SSSR count). The average molecular weight is 371 g/mol. The summed E-state index contributed by atoms with van der Waals surface area (Å²) in [4.78, 5) is 0.0603. The van der Waals surface area contributed by atoms with Crippen molar-refractivity contribution in [1.82, 2.24) is 9.59 Å². The van der Waals surface area contributed by atoms with Gasteiger partial charge >= 0.3 is 0 Å². The smallest absolute Gasteiger partial charge is 0.218 e. The van der Waals surface area contributed by atoms with E-state index in [1.54, 1.807) is 12.1 Å². The molecule has 0 fully saturated rings. The van der Waals surface area contributed by atoms with Gasteiger partial charge in [-0.15, -0.1) is 5.10 Å². The van der Waals surface area contributed by atoms with Crippen molar-refractivity contribution in [3.05, 3.63) is 58.6 Å². The van der Waals surface area contributed by atoms with Crippen LogP contribution in [-0.2, 0) is 9.84 Å². The zero-order chi connectivity index (χ0) is 15.7. The van der Waals surface area contributed by atoms with Crippen LogP contribution in [0.2, 0.25) is 10.0 Å². The molecule has 0 amide bonds. The molecule has 3 aromatic rings. The van der Waals surface area contributed by atoms with Crippen LogP contribution in [0, 0.1) is 0 Å². The zero-order valence-corrected chi connectivity index (χ0v) is 14.0. The number of aromatic nitrogens is 2. The molecule has 0 N–H and O–H groups in total. The number of rotatable bonds is 3. The molecule has 0 radical (unpaired) electrons. The Morgan fingerprint density at radius 2 is 1.68 bits per heavy atom. The second-order valence-electron chi connectivity index (χ2n) is 4.35. The largest absolute Gasteiger partial charge is 0.219 e. The second-order valence-corrected chi connectivity index (χ2v) is 8.07. The summed E-state index contributed by atoms with van der Waals surface area (Å²) in [6, 6.07) is 13.2. The van der Waals surface area contributed by atoms with Gasteiger partial charge < -0.3 is 0 Å². The molecule has 0 aliphatic rings. The highest BCUT2D eigenvalue weighted by molar-refractivity contribution is 7.93. The van der Waals surface area contributed by atoms with Crippen molar-refractivity contribution < 1.29 is 8.42 Å². The molecule has 22 heavy (non-hydrogen) atoms. The van der Waals surface area contributed by atoms with Gasteiger partial charge in [-0.3, -0.25) is 0 Å². The molecule has 0 atom stereocenters. The fourth-order valence-electron chi connectivity index (χ4n) is 1.88. The van der Waals surface area contributed by atoms with Gasteiger partial charge in [0.1, 0.15) is 5.69 Å². The standard InChI is InChI=1S/C14H8Cl2N2O2S2/c15-11-7-6-10(8-12(11)16)22(19,20)14-13(17-18-21-14)9-4-2-1-3-5-9/h1-8H. The van der Waals surface area contributed by atoms with Crippen molar-refractivity contribution in [2.45, 2.75) is 9.10 Å². The molecule has 112 valence electrons. The molecule has 0 saturated heterocycles. The van der Waals surface area contributed by atoms with Crippen LogP contribution in [0.3, 0.4) is 0 Å². The molecule has 4 nitrogen and oxygen atoms in total. The minimum atomic E-state index is -3.76. The fourth-order valence-corrected chi connectivity index (χ4v) is 4.61. The van der Waals surface area contributed by atoms with Crippen molar-refractivity contribution >= 4 is 44.6 Å². The summed E-state index contributed by atoms with van der Waals surface area (Å²) in [5.41, 5.74) is 1.02. The van der Waals surface area contributed by atoms with E-state index in [2.05, 4.69) is 9.59 Å². The van der Waals surface area contributed by atoms with E-state index in [4.69, 9.17) is 23.2 Å². The molecule has 1 heterocycles. The predicted octanol–water partition coefficient (Wildman–Crippen LogP) is 4.34. The Kier molecular flexibility index (Phi) is 4.18. The van der Waals surface area contributed by atoms with E-state index >= 15 is 0 Å². The Morgan fingerprint density at radius 1 is 0.955 bits per heavy atom. The van der Waals surface area contributed by atoms with Crippen LogP contribution in [0.1, 0.15) is 0 Å². The monoisotopic (exact) mass is 370 g/mol. The Hall–Kier alpha value is -1.47. The van der Waals surface area contributed by atoms with Crippen LogP contribution in [0.4, 0.5) is 0 Å². The van der Waals surface area contributed by atoms with E-state index < -0.39 is 9.84 Å². The summed E-state index contributed by atoms with van der Waals surface area (Å²) < 4.78 is 29.4. The normalized spacial score (nSPS) is 11.5. The minimum absolute atomic E-state index is 0.0603. The Bertz CT molecular complexity index is 925. The first kappa shape index (κ1) is 15.4. The molecule has 0 saturated carbocycles. The van der Waals surface area contributed by atoms with Gasteiger partial charge in [0.2, 0.25) is 9.84 Å². The quantitative estimate of drug-likeness (QED) is 0.687. The molecule has 1 aromatic heterocycles. The highest BCUT2D eigenvalue weighted by Gasteiger charge is 2.26. The van der Waals surface area contributed by atoms with E-state index in [-0.39, 0.29) is 14.1 Å². The van der Waals surface area contributed by atoms with Gasteiger partial charge in [0.25, 0.3) is 0 Å². The van der Waals surface area contributed by atoms with Gasteiger partial charge in [-0.1, -0.05) is 58.0 Å². The Labute approximate surface area is 141 Å². The number of sulfone groups is 1. The van der Waals surface area contributed by atoms with Crippen LogP contribution >= 0.6 is 34.7 Å². The van der Waals surface area contributed by atoms with Crippen LogP contribution in [0.15, 0.2) is 57.6 Å². The van der Waals surface area contributed by atoms with Crippen molar-refractivity contribution in [1.29, 1.82) is 0 Å². The highest BCUT2D eigenvalue weighted by atomic mass is 35.5. The molecule has 0 spiro atoms. The first-order valence-corrected chi connectivity index (χ1v) is 9.09. The van der Waals surface area contributed by atoms with Crippen LogP contribution in [0.5, 0.6) is 0 Å². The molecular weight excluding hydrogens is 363 g/mol. The molecule has 8 heteroatoms. The lowest BCUT2D eigenvalue weighted by Gasteiger charge is -2.05. The highest BCUT2D eigenvalue weighted by Crippen LogP contribution is 2.34. The summed E-state index contributed by atoms with van der Waals surface area (Å²) >= 11 is 12.6. The summed E-state index contributed by atoms with van der Waals surface area (Å²) in [7, 11) is -3.76. The second kappa shape index (κ2) is 5.96. The number of hydrogen-bond donors (Lipinski definition) is 0. The number of nitrogens with zero attached hydrogens (tertiary/aromatic N) is 2. The first-order valence-electron chi connectivity index (χ1n) is 6.08. The van der Waals surface area contributed by atoms with E-state index in [1.807, 2.05) is 18.2 Å². The average Bonchev–Trinajstić information content (AvgIpc) is 3.01. The van der Waals surface area contributed by atoms with Crippen LogP contribution in [-0.4, -0.2) is 18.0 Å². The lowest BCUT2D eigenvalue weighted by Crippen LogP contribution is -2.01. The predicted molar refractivity (Wildman–Crippen MR) is 87.3 cm³/mol. The van der Waals surface area contributed by atoms with Gasteiger partial charge in [0.05, 0.1) is 14.9 Å². The van der Waals surface area contributed by atoms with Crippen molar-refractivity contribution in [3.8, 4) is 11.3 Å². The summed E-state index contributed by atoms with van der Waals surface area (Å²) in [5, 5.41) is 4.43. The van der Waals surface area contributed by atoms with Crippen molar-refractivity contribution in [3.63, 3.8) is 0 Å². The summed E-state index contributed by atoms with van der Waals surface area (Å²) in [6.07, 6.45) is 0. The number of halogens is 2. The molecular formula is C14H8Cl2N2O2S2. The van der Waals surface area contributed by atoms with Gasteiger partial charge in [0, 0.05) is 17.1 Å².